The number of benzene rings is 1. The molecule has 7 nitrogen and oxygen atoms in total. The summed E-state index contributed by atoms with van der Waals surface area (Å²) in [4.78, 5) is 12.8. The van der Waals surface area contributed by atoms with Gasteiger partial charge in [-0.2, -0.15) is 13.2 Å². The van der Waals surface area contributed by atoms with Crippen LogP contribution in [-0.2, 0) is 10.9 Å². The third-order valence-corrected chi connectivity index (χ3v) is 6.87. The van der Waals surface area contributed by atoms with E-state index in [9.17, 15) is 17.6 Å². The maximum absolute atomic E-state index is 13.9. The minimum Gasteiger partial charge on any atom is -0.491 e. The van der Waals surface area contributed by atoms with Crippen molar-refractivity contribution in [1.29, 1.82) is 0 Å². The average Bonchev–Trinajstić information content (AvgIpc) is 3.48. The zero-order valence-electron chi connectivity index (χ0n) is 17.4. The Morgan fingerprint density at radius 3 is 2.61 bits per heavy atom. The van der Waals surface area contributed by atoms with Crippen molar-refractivity contribution < 1.29 is 27.0 Å². The maximum Gasteiger partial charge on any atom is 0.431 e. The van der Waals surface area contributed by atoms with Gasteiger partial charge in [0.25, 0.3) is 0 Å². The summed E-state index contributed by atoms with van der Waals surface area (Å²) in [5.74, 6) is 1.18. The predicted octanol–water partition coefficient (Wildman–Crippen LogP) is 3.61. The molecule has 3 aliphatic heterocycles. The van der Waals surface area contributed by atoms with Crippen LogP contribution in [0, 0.1) is 17.7 Å². The van der Waals surface area contributed by atoms with E-state index in [0.717, 1.165) is 37.9 Å². The highest BCUT2D eigenvalue weighted by Crippen LogP contribution is 2.41. The lowest BCUT2D eigenvalue weighted by Gasteiger charge is -2.40. The van der Waals surface area contributed by atoms with Crippen LogP contribution in [0.1, 0.15) is 17.3 Å². The molecular formula is C22H21F4N5O2. The molecule has 174 valence electrons. The van der Waals surface area contributed by atoms with Crippen molar-refractivity contribution >= 4 is 16.9 Å². The number of nitrogens with zero attached hydrogens (tertiary/aromatic N) is 3. The molecule has 2 saturated heterocycles. The van der Waals surface area contributed by atoms with Gasteiger partial charge < -0.3 is 19.8 Å². The Labute approximate surface area is 186 Å². The first-order chi connectivity index (χ1) is 15.9. The van der Waals surface area contributed by atoms with Crippen molar-refractivity contribution in [3.63, 3.8) is 0 Å². The highest BCUT2D eigenvalue weighted by Gasteiger charge is 2.44. The summed E-state index contributed by atoms with van der Waals surface area (Å²) in [6.45, 7) is 3.46. The van der Waals surface area contributed by atoms with E-state index in [-0.39, 0.29) is 28.9 Å². The summed E-state index contributed by atoms with van der Waals surface area (Å²) in [5.41, 5.74) is -0.0608. The first-order valence-corrected chi connectivity index (χ1v) is 10.8. The smallest absolute Gasteiger partial charge is 0.431 e. The van der Waals surface area contributed by atoms with Gasteiger partial charge in [-0.1, -0.05) is 6.07 Å². The Hall–Kier alpha value is -2.92. The molecule has 3 aromatic rings. The fourth-order valence-electron chi connectivity index (χ4n) is 5.21. The van der Waals surface area contributed by atoms with Gasteiger partial charge in [0.1, 0.15) is 41.7 Å². The van der Waals surface area contributed by atoms with Crippen LogP contribution in [-0.4, -0.2) is 58.8 Å². The Bertz CT molecular complexity index is 1190. The summed E-state index contributed by atoms with van der Waals surface area (Å²) >= 11 is 0. The largest absolute Gasteiger partial charge is 0.491 e. The minimum absolute atomic E-state index is 0.0932. The molecule has 2 aromatic heterocycles. The van der Waals surface area contributed by atoms with Crippen LogP contribution in [0.25, 0.3) is 11.0 Å². The molecule has 5 heterocycles. The van der Waals surface area contributed by atoms with Crippen LogP contribution in [0.5, 0.6) is 5.75 Å². The summed E-state index contributed by atoms with van der Waals surface area (Å²) in [7, 11) is 0. The number of fused-ring (bicyclic) bond motifs is 3. The van der Waals surface area contributed by atoms with Crippen LogP contribution < -0.4 is 10.1 Å². The highest BCUT2D eigenvalue weighted by atomic mass is 19.4. The van der Waals surface area contributed by atoms with Gasteiger partial charge in [0.15, 0.2) is 0 Å². The van der Waals surface area contributed by atoms with Crippen molar-refractivity contribution in [1.82, 2.24) is 19.9 Å². The van der Waals surface area contributed by atoms with E-state index < -0.39 is 17.7 Å². The van der Waals surface area contributed by atoms with Crippen LogP contribution >= 0.6 is 0 Å². The zero-order chi connectivity index (χ0) is 22.7. The zero-order valence-corrected chi connectivity index (χ0v) is 17.4. The molecule has 2 fully saturated rings. The SMILES string of the molecule is Fc1ccc2c(c1)OC[C@@H](N1C[C@H]3COC[C@H]3C1)[C@@H]2Nc1ncnc2[nH]c(C(F)(F)F)cc12. The molecule has 0 bridgehead atoms. The number of halogens is 4. The van der Waals surface area contributed by atoms with Crippen molar-refractivity contribution in [3.05, 3.63) is 47.7 Å². The third-order valence-electron chi connectivity index (χ3n) is 6.87. The quantitative estimate of drug-likeness (QED) is 0.579. The molecule has 11 heteroatoms. The number of anilines is 1. The van der Waals surface area contributed by atoms with Crippen LogP contribution in [0.2, 0.25) is 0 Å². The normalized spacial score (nSPS) is 27.4. The van der Waals surface area contributed by atoms with Gasteiger partial charge in [-0.3, -0.25) is 4.90 Å². The first kappa shape index (κ1) is 20.7. The van der Waals surface area contributed by atoms with Crippen LogP contribution in [0.3, 0.4) is 0 Å². The van der Waals surface area contributed by atoms with E-state index in [1.807, 2.05) is 0 Å². The fourth-order valence-corrected chi connectivity index (χ4v) is 5.21. The molecule has 3 aliphatic rings. The molecule has 0 amide bonds. The topological polar surface area (TPSA) is 75.3 Å². The lowest BCUT2D eigenvalue weighted by atomic mass is 9.94. The summed E-state index contributed by atoms with van der Waals surface area (Å²) in [6.07, 6.45) is -3.31. The standard InChI is InChI=1S/C22H21F4N5O2/c23-13-1-2-14-17(3-13)33-9-16(31-5-11-7-32-8-12(11)6-31)19(14)30-21-15-4-18(22(24,25)26)29-20(15)27-10-28-21/h1-4,10-12,16,19H,5-9H2,(H2,27,28,29,30)/t11-,12+,16-,19-/m1/s1. The number of nitrogens with one attached hydrogen (secondary N) is 2. The van der Waals surface area contributed by atoms with Crippen molar-refractivity contribution in [2.75, 3.05) is 38.2 Å². The summed E-state index contributed by atoms with van der Waals surface area (Å²) in [5, 5.41) is 3.58. The average molecular weight is 463 g/mol. The highest BCUT2D eigenvalue weighted by molar-refractivity contribution is 5.88. The monoisotopic (exact) mass is 463 g/mol. The number of aromatic amines is 1. The van der Waals surface area contributed by atoms with Gasteiger partial charge in [0.05, 0.1) is 30.7 Å². The van der Waals surface area contributed by atoms with Gasteiger partial charge in [0, 0.05) is 36.6 Å². The number of rotatable bonds is 3. The number of hydrogen-bond donors (Lipinski definition) is 2. The molecule has 0 saturated carbocycles. The molecule has 33 heavy (non-hydrogen) atoms. The van der Waals surface area contributed by atoms with Crippen molar-refractivity contribution in [2.24, 2.45) is 11.8 Å². The van der Waals surface area contributed by atoms with E-state index in [1.165, 1.54) is 18.5 Å². The molecule has 0 aliphatic carbocycles. The predicted molar refractivity (Wildman–Crippen MR) is 110 cm³/mol. The van der Waals surface area contributed by atoms with E-state index in [4.69, 9.17) is 9.47 Å². The lowest BCUT2D eigenvalue weighted by Crippen LogP contribution is -2.48. The minimum atomic E-state index is -4.53. The number of likely N-dealkylation sites (tertiary alicyclic amines) is 1. The van der Waals surface area contributed by atoms with Crippen LogP contribution in [0.4, 0.5) is 23.4 Å². The second kappa shape index (κ2) is 7.56. The molecule has 0 radical (unpaired) electrons. The van der Waals surface area contributed by atoms with E-state index in [2.05, 4.69) is 25.2 Å². The summed E-state index contributed by atoms with van der Waals surface area (Å²) in [6, 6.07) is 4.89. The number of ether oxygens (including phenoxy) is 2. The second-order valence-corrected chi connectivity index (χ2v) is 8.86. The lowest BCUT2D eigenvalue weighted by molar-refractivity contribution is -0.140. The Balaban J connectivity index is 1.38. The number of alkyl halides is 3. The molecule has 1 aromatic carbocycles. The Kier molecular flexibility index (Phi) is 4.73. The molecule has 4 atom stereocenters. The van der Waals surface area contributed by atoms with E-state index in [0.29, 0.717) is 24.2 Å². The molecular weight excluding hydrogens is 442 g/mol. The first-order valence-electron chi connectivity index (χ1n) is 10.8. The van der Waals surface area contributed by atoms with Gasteiger partial charge in [-0.05, 0) is 12.1 Å². The molecule has 0 unspecified atom stereocenters. The maximum atomic E-state index is 13.9. The van der Waals surface area contributed by atoms with Crippen molar-refractivity contribution in [2.45, 2.75) is 18.3 Å². The molecule has 0 spiro atoms. The second-order valence-electron chi connectivity index (χ2n) is 8.86. The van der Waals surface area contributed by atoms with Gasteiger partial charge in [-0.25, -0.2) is 14.4 Å². The number of H-pyrrole nitrogens is 1. The summed E-state index contributed by atoms with van der Waals surface area (Å²) < 4.78 is 65.2. The third kappa shape index (κ3) is 3.59. The molecule has 2 N–H and O–H groups in total. The fraction of sp³-hybridized carbons (Fsp3) is 0.455. The van der Waals surface area contributed by atoms with Gasteiger partial charge in [-0.15, -0.1) is 0 Å². The molecule has 6 rings (SSSR count). The number of hydrogen-bond acceptors (Lipinski definition) is 6. The van der Waals surface area contributed by atoms with Crippen LogP contribution in [0.15, 0.2) is 30.6 Å². The van der Waals surface area contributed by atoms with Gasteiger partial charge in [0.2, 0.25) is 0 Å². The number of aromatic nitrogens is 3. The Morgan fingerprint density at radius 2 is 1.85 bits per heavy atom. The van der Waals surface area contributed by atoms with Gasteiger partial charge >= 0.3 is 6.18 Å². The Morgan fingerprint density at radius 1 is 1.06 bits per heavy atom. The van der Waals surface area contributed by atoms with Crippen molar-refractivity contribution in [3.8, 4) is 5.75 Å². The van der Waals surface area contributed by atoms with E-state index >= 15 is 0 Å². The van der Waals surface area contributed by atoms with E-state index in [1.54, 1.807) is 6.07 Å².